The highest BCUT2D eigenvalue weighted by Crippen LogP contribution is 2.28. The van der Waals surface area contributed by atoms with E-state index in [4.69, 9.17) is 0 Å². The number of carbonyl (C=O) groups excluding carboxylic acids is 1. The zero-order valence-corrected chi connectivity index (χ0v) is 14.3. The molecule has 1 aromatic heterocycles. The fourth-order valence-electron chi connectivity index (χ4n) is 3.14. The highest BCUT2D eigenvalue weighted by atomic mass is 32.2. The van der Waals surface area contributed by atoms with E-state index in [1.807, 2.05) is 24.3 Å². The molecule has 1 aliphatic rings. The third kappa shape index (κ3) is 3.85. The maximum absolute atomic E-state index is 12.4. The molecule has 1 saturated carbocycles. The molecule has 3 rings (SSSR count). The van der Waals surface area contributed by atoms with Gasteiger partial charge < -0.3 is 5.32 Å². The van der Waals surface area contributed by atoms with E-state index < -0.39 is 5.54 Å². The number of hydrogen-bond acceptors (Lipinski definition) is 5. The summed E-state index contributed by atoms with van der Waals surface area (Å²) in [6.45, 7) is 0. The van der Waals surface area contributed by atoms with Crippen molar-refractivity contribution in [3.05, 3.63) is 30.5 Å². The summed E-state index contributed by atoms with van der Waals surface area (Å²) in [7, 11) is 0. The lowest BCUT2D eigenvalue weighted by Gasteiger charge is -2.26. The fraction of sp³-hybridized carbons (Fsp3) is 0.444. The van der Waals surface area contributed by atoms with Crippen LogP contribution in [0.1, 0.15) is 38.5 Å². The number of rotatable bonds is 4. The maximum Gasteiger partial charge on any atom is 0.231 e. The van der Waals surface area contributed by atoms with Gasteiger partial charge in [-0.1, -0.05) is 61.7 Å². The Morgan fingerprint density at radius 2 is 2.00 bits per heavy atom. The molecule has 124 valence electrons. The smallest absolute Gasteiger partial charge is 0.231 e. The quantitative estimate of drug-likeness (QED) is 0.681. The normalized spacial score (nSPS) is 17.0. The number of aromatic nitrogens is 2. The Balaban J connectivity index is 1.65. The summed E-state index contributed by atoms with van der Waals surface area (Å²) in [6, 6.07) is 10.2. The van der Waals surface area contributed by atoms with Crippen molar-refractivity contribution in [3.8, 4) is 6.07 Å². The van der Waals surface area contributed by atoms with Crippen LogP contribution in [0, 0.1) is 11.3 Å². The lowest BCUT2D eigenvalue weighted by molar-refractivity contribution is -0.120. The molecule has 1 N–H and O–H groups in total. The summed E-state index contributed by atoms with van der Waals surface area (Å²) in [5, 5.41) is 23.4. The van der Waals surface area contributed by atoms with Gasteiger partial charge in [-0.25, -0.2) is 0 Å². The summed E-state index contributed by atoms with van der Waals surface area (Å²) in [4.78, 5) is 12.4. The van der Waals surface area contributed by atoms with E-state index in [0.29, 0.717) is 0 Å². The zero-order chi connectivity index (χ0) is 16.8. The van der Waals surface area contributed by atoms with Gasteiger partial charge in [0.05, 0.1) is 18.0 Å². The molecular weight excluding hydrogens is 320 g/mol. The number of benzene rings is 1. The summed E-state index contributed by atoms with van der Waals surface area (Å²) in [6.07, 6.45) is 7.47. The maximum atomic E-state index is 12.4. The average Bonchev–Trinajstić information content (AvgIpc) is 2.86. The van der Waals surface area contributed by atoms with Gasteiger partial charge in [-0.3, -0.25) is 4.79 Å². The minimum absolute atomic E-state index is 0.113. The third-order valence-corrected chi connectivity index (χ3v) is 5.41. The highest BCUT2D eigenvalue weighted by molar-refractivity contribution is 8.00. The average molecular weight is 340 g/mol. The summed E-state index contributed by atoms with van der Waals surface area (Å²) < 4.78 is 0. The molecule has 2 aromatic rings. The van der Waals surface area contributed by atoms with E-state index >= 15 is 0 Å². The van der Waals surface area contributed by atoms with Crippen LogP contribution >= 0.6 is 11.8 Å². The van der Waals surface area contributed by atoms with E-state index in [2.05, 4.69) is 21.6 Å². The number of carbonyl (C=O) groups is 1. The van der Waals surface area contributed by atoms with Gasteiger partial charge in [0, 0.05) is 10.8 Å². The van der Waals surface area contributed by atoms with Crippen LogP contribution in [-0.4, -0.2) is 27.4 Å². The van der Waals surface area contributed by atoms with Gasteiger partial charge in [0.15, 0.2) is 0 Å². The molecule has 0 spiro atoms. The van der Waals surface area contributed by atoms with Crippen molar-refractivity contribution in [2.45, 2.75) is 49.1 Å². The van der Waals surface area contributed by atoms with Crippen molar-refractivity contribution in [1.29, 1.82) is 5.26 Å². The topological polar surface area (TPSA) is 78.7 Å². The molecule has 1 amide bonds. The molecule has 1 aromatic carbocycles. The second kappa shape index (κ2) is 7.63. The molecule has 5 nitrogen and oxygen atoms in total. The van der Waals surface area contributed by atoms with E-state index in [1.54, 1.807) is 6.20 Å². The van der Waals surface area contributed by atoms with Crippen LogP contribution in [-0.2, 0) is 4.79 Å². The van der Waals surface area contributed by atoms with E-state index in [-0.39, 0.29) is 11.7 Å². The molecule has 6 heteroatoms. The Morgan fingerprint density at radius 1 is 1.25 bits per heavy atom. The van der Waals surface area contributed by atoms with Crippen molar-refractivity contribution in [2.75, 3.05) is 5.75 Å². The van der Waals surface area contributed by atoms with Crippen molar-refractivity contribution < 1.29 is 4.79 Å². The molecule has 0 aliphatic heterocycles. The summed E-state index contributed by atoms with van der Waals surface area (Å²) in [5.74, 6) is 0.129. The number of nitriles is 1. The standard InChI is InChI=1S/C18H20N4OS/c19-13-18(9-5-1-2-6-10-18)21-16(23)12-24-17-15-8-4-3-7-14(15)11-20-22-17/h3-4,7-8,11H,1-2,5-6,9-10,12H2,(H,21,23). The highest BCUT2D eigenvalue weighted by Gasteiger charge is 2.32. The molecule has 0 radical (unpaired) electrons. The molecule has 24 heavy (non-hydrogen) atoms. The Labute approximate surface area is 145 Å². The molecule has 1 aliphatic carbocycles. The lowest BCUT2D eigenvalue weighted by Crippen LogP contribution is -2.47. The second-order valence-electron chi connectivity index (χ2n) is 6.18. The molecular formula is C18H20N4OS. The lowest BCUT2D eigenvalue weighted by atomic mass is 9.92. The first-order valence-electron chi connectivity index (χ1n) is 8.28. The molecule has 1 fully saturated rings. The van der Waals surface area contributed by atoms with Gasteiger partial charge in [-0.15, -0.1) is 5.10 Å². The van der Waals surface area contributed by atoms with Crippen molar-refractivity contribution >= 4 is 28.4 Å². The predicted octanol–water partition coefficient (Wildman–Crippen LogP) is 3.45. The SMILES string of the molecule is N#CC1(NC(=O)CSc2nncc3ccccc23)CCCCCC1. The van der Waals surface area contributed by atoms with Crippen LogP contribution < -0.4 is 5.32 Å². The van der Waals surface area contributed by atoms with Crippen molar-refractivity contribution in [2.24, 2.45) is 0 Å². The number of nitrogens with zero attached hydrogens (tertiary/aromatic N) is 3. The first-order valence-corrected chi connectivity index (χ1v) is 9.26. The minimum atomic E-state index is -0.696. The number of fused-ring (bicyclic) bond motifs is 1. The summed E-state index contributed by atoms with van der Waals surface area (Å²) in [5.41, 5.74) is -0.696. The van der Waals surface area contributed by atoms with Crippen LogP contribution in [0.3, 0.4) is 0 Å². The van der Waals surface area contributed by atoms with Crippen molar-refractivity contribution in [1.82, 2.24) is 15.5 Å². The van der Waals surface area contributed by atoms with Gasteiger partial charge in [-0.05, 0) is 12.8 Å². The monoisotopic (exact) mass is 340 g/mol. The number of nitrogens with one attached hydrogen (secondary N) is 1. The van der Waals surface area contributed by atoms with Crippen LogP contribution in [0.2, 0.25) is 0 Å². The number of hydrogen-bond donors (Lipinski definition) is 1. The predicted molar refractivity (Wildman–Crippen MR) is 94.5 cm³/mol. The second-order valence-corrected chi connectivity index (χ2v) is 7.15. The van der Waals surface area contributed by atoms with Gasteiger partial charge >= 0.3 is 0 Å². The molecule has 1 heterocycles. The minimum Gasteiger partial charge on any atom is -0.337 e. The van der Waals surface area contributed by atoms with Gasteiger partial charge in [0.2, 0.25) is 5.91 Å². The molecule has 0 atom stereocenters. The first-order chi connectivity index (χ1) is 11.7. The van der Waals surface area contributed by atoms with Crippen LogP contribution in [0.15, 0.2) is 35.5 Å². The molecule has 0 bridgehead atoms. The summed E-state index contributed by atoms with van der Waals surface area (Å²) >= 11 is 1.37. The van der Waals surface area contributed by atoms with Crippen LogP contribution in [0.4, 0.5) is 0 Å². The Morgan fingerprint density at radius 3 is 2.75 bits per heavy atom. The van der Waals surface area contributed by atoms with Gasteiger partial charge in [-0.2, -0.15) is 10.4 Å². The molecule has 0 saturated heterocycles. The number of amides is 1. The first kappa shape index (κ1) is 16.7. The Hall–Kier alpha value is -2.13. The van der Waals surface area contributed by atoms with Crippen LogP contribution in [0.5, 0.6) is 0 Å². The Bertz CT molecular complexity index is 758. The van der Waals surface area contributed by atoms with E-state index in [1.165, 1.54) is 11.8 Å². The molecule has 0 unspecified atom stereocenters. The van der Waals surface area contributed by atoms with E-state index in [9.17, 15) is 10.1 Å². The zero-order valence-electron chi connectivity index (χ0n) is 13.5. The largest absolute Gasteiger partial charge is 0.337 e. The van der Waals surface area contributed by atoms with E-state index in [0.717, 1.165) is 54.3 Å². The van der Waals surface area contributed by atoms with Crippen LogP contribution in [0.25, 0.3) is 10.8 Å². The third-order valence-electron chi connectivity index (χ3n) is 4.43. The van der Waals surface area contributed by atoms with Gasteiger partial charge in [0.25, 0.3) is 0 Å². The Kier molecular flexibility index (Phi) is 5.31. The number of thioether (sulfide) groups is 1. The fourth-order valence-corrected chi connectivity index (χ4v) is 3.93. The van der Waals surface area contributed by atoms with Crippen molar-refractivity contribution in [3.63, 3.8) is 0 Å². The van der Waals surface area contributed by atoms with Gasteiger partial charge in [0.1, 0.15) is 10.6 Å².